The van der Waals surface area contributed by atoms with Crippen molar-refractivity contribution in [2.24, 2.45) is 0 Å². The molecule has 0 aliphatic heterocycles. The predicted octanol–water partition coefficient (Wildman–Crippen LogP) is 2.69. The van der Waals surface area contributed by atoms with Crippen molar-refractivity contribution < 1.29 is 14.7 Å². The highest BCUT2D eigenvalue weighted by atomic mass is 16.7. The molecule has 1 unspecified atom stereocenters. The first-order valence-electron chi connectivity index (χ1n) is 5.05. The molecule has 1 aromatic rings. The molecular formula is C12H13NO3. The molecule has 1 aliphatic carbocycles. The Balaban J connectivity index is 2.37. The van der Waals surface area contributed by atoms with Crippen LogP contribution in [-0.2, 0) is 4.84 Å². The Morgan fingerprint density at radius 1 is 1.50 bits per heavy atom. The van der Waals surface area contributed by atoms with Crippen molar-refractivity contribution in [3.63, 3.8) is 0 Å². The van der Waals surface area contributed by atoms with E-state index in [1.165, 1.54) is 7.11 Å². The molecule has 2 rings (SSSR count). The Bertz CT molecular complexity index is 428. The van der Waals surface area contributed by atoms with Crippen molar-refractivity contribution in [1.82, 2.24) is 5.06 Å². The summed E-state index contributed by atoms with van der Waals surface area (Å²) in [6.45, 7) is 0. The van der Waals surface area contributed by atoms with E-state index in [1.807, 2.05) is 36.4 Å². The summed E-state index contributed by atoms with van der Waals surface area (Å²) in [6.07, 6.45) is 3.53. The lowest BCUT2D eigenvalue weighted by Crippen LogP contribution is -2.33. The molecule has 1 atom stereocenters. The maximum atomic E-state index is 11.0. The molecule has 1 N–H and O–H groups in total. The van der Waals surface area contributed by atoms with Crippen LogP contribution in [0.5, 0.6) is 0 Å². The van der Waals surface area contributed by atoms with E-state index >= 15 is 0 Å². The first-order valence-corrected chi connectivity index (χ1v) is 5.05. The standard InChI is InChI=1S/C12H13NO3/c1-16-13(12(14)15)11-8-4-6-9-5-2-3-7-10(9)11/h2-7,11H,8H2,1H3,(H,14,15). The summed E-state index contributed by atoms with van der Waals surface area (Å²) >= 11 is 0. The number of nitrogens with zero attached hydrogens (tertiary/aromatic N) is 1. The van der Waals surface area contributed by atoms with Crippen molar-refractivity contribution in [3.8, 4) is 0 Å². The summed E-state index contributed by atoms with van der Waals surface area (Å²) < 4.78 is 0. The van der Waals surface area contributed by atoms with Gasteiger partial charge in [-0.3, -0.25) is 4.84 Å². The Morgan fingerprint density at radius 3 is 2.94 bits per heavy atom. The van der Waals surface area contributed by atoms with E-state index in [0.717, 1.165) is 16.2 Å². The van der Waals surface area contributed by atoms with Crippen LogP contribution in [0.1, 0.15) is 23.6 Å². The molecule has 1 aliphatic rings. The number of hydrogen-bond donors (Lipinski definition) is 1. The molecule has 1 amide bonds. The van der Waals surface area contributed by atoms with E-state index in [-0.39, 0.29) is 6.04 Å². The zero-order valence-corrected chi connectivity index (χ0v) is 8.96. The molecule has 0 saturated carbocycles. The van der Waals surface area contributed by atoms with Crippen LogP contribution in [0.15, 0.2) is 30.3 Å². The van der Waals surface area contributed by atoms with E-state index in [2.05, 4.69) is 0 Å². The second-order valence-corrected chi connectivity index (χ2v) is 3.57. The lowest BCUT2D eigenvalue weighted by atomic mass is 9.93. The average molecular weight is 219 g/mol. The average Bonchev–Trinajstić information content (AvgIpc) is 2.30. The van der Waals surface area contributed by atoms with Gasteiger partial charge in [-0.2, -0.15) is 5.06 Å². The fraction of sp³-hybridized carbons (Fsp3) is 0.250. The molecule has 0 bridgehead atoms. The largest absolute Gasteiger partial charge is 0.463 e. The van der Waals surface area contributed by atoms with Crippen LogP contribution in [-0.4, -0.2) is 23.4 Å². The molecule has 4 heteroatoms. The summed E-state index contributed by atoms with van der Waals surface area (Å²) in [5.74, 6) is 0. The van der Waals surface area contributed by atoms with E-state index in [1.54, 1.807) is 0 Å². The van der Waals surface area contributed by atoms with Crippen LogP contribution in [0.2, 0.25) is 0 Å². The van der Waals surface area contributed by atoms with Crippen molar-refractivity contribution in [1.29, 1.82) is 0 Å². The maximum absolute atomic E-state index is 11.0. The molecule has 1 aromatic carbocycles. The van der Waals surface area contributed by atoms with Crippen LogP contribution in [0.25, 0.3) is 6.08 Å². The van der Waals surface area contributed by atoms with Gasteiger partial charge in [0.2, 0.25) is 0 Å². The van der Waals surface area contributed by atoms with Gasteiger partial charge in [-0.1, -0.05) is 36.4 Å². The van der Waals surface area contributed by atoms with Crippen molar-refractivity contribution >= 4 is 12.2 Å². The van der Waals surface area contributed by atoms with Gasteiger partial charge in [-0.05, 0) is 17.5 Å². The van der Waals surface area contributed by atoms with E-state index in [0.29, 0.717) is 6.42 Å². The number of carboxylic acid groups (broad SMARTS) is 1. The first-order chi connectivity index (χ1) is 7.74. The van der Waals surface area contributed by atoms with E-state index in [4.69, 9.17) is 9.94 Å². The maximum Gasteiger partial charge on any atom is 0.432 e. The third-order valence-corrected chi connectivity index (χ3v) is 2.68. The number of hydrogen-bond acceptors (Lipinski definition) is 2. The van der Waals surface area contributed by atoms with Crippen LogP contribution in [0.3, 0.4) is 0 Å². The SMILES string of the molecule is CON(C(=O)O)C1CC=Cc2ccccc21. The van der Waals surface area contributed by atoms with Crippen molar-refractivity contribution in [2.45, 2.75) is 12.5 Å². The summed E-state index contributed by atoms with van der Waals surface area (Å²) in [5, 5.41) is 10.0. The minimum absolute atomic E-state index is 0.260. The Labute approximate surface area is 93.7 Å². The summed E-state index contributed by atoms with van der Waals surface area (Å²) in [7, 11) is 1.37. The quantitative estimate of drug-likeness (QED) is 0.778. The number of carbonyl (C=O) groups is 1. The Hall–Kier alpha value is -1.81. The lowest BCUT2D eigenvalue weighted by Gasteiger charge is -2.29. The van der Waals surface area contributed by atoms with Gasteiger partial charge in [0.1, 0.15) is 0 Å². The molecule has 0 spiro atoms. The molecule has 0 saturated heterocycles. The number of rotatable bonds is 2. The van der Waals surface area contributed by atoms with Gasteiger partial charge in [-0.15, -0.1) is 0 Å². The zero-order valence-electron chi connectivity index (χ0n) is 8.96. The summed E-state index contributed by atoms with van der Waals surface area (Å²) in [4.78, 5) is 15.9. The topological polar surface area (TPSA) is 49.8 Å². The van der Waals surface area contributed by atoms with Gasteiger partial charge in [0, 0.05) is 0 Å². The highest BCUT2D eigenvalue weighted by molar-refractivity contribution is 5.66. The highest BCUT2D eigenvalue weighted by Crippen LogP contribution is 2.32. The monoisotopic (exact) mass is 219 g/mol. The molecular weight excluding hydrogens is 206 g/mol. The molecule has 0 radical (unpaired) electrons. The van der Waals surface area contributed by atoms with E-state index in [9.17, 15) is 4.79 Å². The number of benzene rings is 1. The van der Waals surface area contributed by atoms with Gasteiger partial charge in [0.05, 0.1) is 13.2 Å². The predicted molar refractivity (Wildman–Crippen MR) is 59.7 cm³/mol. The summed E-state index contributed by atoms with van der Waals surface area (Å²) in [6, 6.07) is 7.47. The lowest BCUT2D eigenvalue weighted by molar-refractivity contribution is -0.132. The smallest absolute Gasteiger partial charge is 0.432 e. The molecule has 4 nitrogen and oxygen atoms in total. The normalized spacial score (nSPS) is 17.9. The van der Waals surface area contributed by atoms with Crippen LogP contribution in [0, 0.1) is 0 Å². The van der Waals surface area contributed by atoms with Crippen LogP contribution >= 0.6 is 0 Å². The van der Waals surface area contributed by atoms with Gasteiger partial charge < -0.3 is 5.11 Å². The molecule has 0 fully saturated rings. The van der Waals surface area contributed by atoms with Gasteiger partial charge in [-0.25, -0.2) is 4.79 Å². The third-order valence-electron chi connectivity index (χ3n) is 2.68. The molecule has 0 heterocycles. The minimum atomic E-state index is -1.07. The Kier molecular flexibility index (Phi) is 2.92. The second-order valence-electron chi connectivity index (χ2n) is 3.57. The third kappa shape index (κ3) is 1.79. The fourth-order valence-electron chi connectivity index (χ4n) is 1.98. The zero-order chi connectivity index (χ0) is 11.5. The van der Waals surface area contributed by atoms with Gasteiger partial charge >= 0.3 is 6.09 Å². The van der Waals surface area contributed by atoms with Crippen LogP contribution in [0.4, 0.5) is 4.79 Å². The van der Waals surface area contributed by atoms with Crippen molar-refractivity contribution in [3.05, 3.63) is 41.5 Å². The van der Waals surface area contributed by atoms with Gasteiger partial charge in [0.25, 0.3) is 0 Å². The van der Waals surface area contributed by atoms with E-state index < -0.39 is 6.09 Å². The van der Waals surface area contributed by atoms with Crippen molar-refractivity contribution in [2.75, 3.05) is 7.11 Å². The molecule has 84 valence electrons. The minimum Gasteiger partial charge on any atom is -0.463 e. The number of fused-ring (bicyclic) bond motifs is 1. The second kappa shape index (κ2) is 4.37. The number of hydroxylamine groups is 2. The van der Waals surface area contributed by atoms with Crippen LogP contribution < -0.4 is 0 Å². The first kappa shape index (κ1) is 10.7. The summed E-state index contributed by atoms with van der Waals surface area (Å²) in [5.41, 5.74) is 2.02. The van der Waals surface area contributed by atoms with Gasteiger partial charge in [0.15, 0.2) is 0 Å². The molecule has 16 heavy (non-hydrogen) atoms. The number of amides is 1. The fourth-order valence-corrected chi connectivity index (χ4v) is 1.98. The highest BCUT2D eigenvalue weighted by Gasteiger charge is 2.27. The molecule has 0 aromatic heterocycles. The Morgan fingerprint density at radius 2 is 2.25 bits per heavy atom.